The highest BCUT2D eigenvalue weighted by Gasteiger charge is 2.43. The van der Waals surface area contributed by atoms with Gasteiger partial charge in [-0.1, -0.05) is 0 Å². The molecular weight excluding hydrogens is 311 g/mol. The van der Waals surface area contributed by atoms with Crippen LogP contribution in [0.1, 0.15) is 32.6 Å². The lowest BCUT2D eigenvalue weighted by Gasteiger charge is -2.28. The lowest BCUT2D eigenvalue weighted by atomic mass is 9.96. The Hall–Kier alpha value is -0.290. The third-order valence-electron chi connectivity index (χ3n) is 4.55. The molecule has 21 heavy (non-hydrogen) atoms. The number of halogens is 2. The van der Waals surface area contributed by atoms with E-state index in [9.17, 15) is 4.79 Å². The van der Waals surface area contributed by atoms with E-state index in [1.807, 2.05) is 6.92 Å². The molecule has 4 nitrogen and oxygen atoms in total. The average Bonchev–Trinajstić information content (AvgIpc) is 3.10. The summed E-state index contributed by atoms with van der Waals surface area (Å²) in [6.45, 7) is 7.91. The van der Waals surface area contributed by atoms with Crippen LogP contribution in [0.15, 0.2) is 11.8 Å². The molecule has 3 aliphatic rings. The third-order valence-corrected chi connectivity index (χ3v) is 4.55. The largest absolute Gasteiger partial charge is 0.485 e. The highest BCUT2D eigenvalue weighted by atomic mass is 35.5. The topological polar surface area (TPSA) is 32.8 Å². The van der Waals surface area contributed by atoms with Crippen LogP contribution in [0.5, 0.6) is 0 Å². The summed E-state index contributed by atoms with van der Waals surface area (Å²) >= 11 is 0. The van der Waals surface area contributed by atoms with E-state index < -0.39 is 5.60 Å². The highest BCUT2D eigenvalue weighted by molar-refractivity contribution is 6.03. The van der Waals surface area contributed by atoms with Crippen LogP contribution in [-0.2, 0) is 9.53 Å². The summed E-state index contributed by atoms with van der Waals surface area (Å²) in [5.74, 6) is 0.200. The smallest absolute Gasteiger partial charge is 0.207 e. The van der Waals surface area contributed by atoms with Crippen LogP contribution in [-0.4, -0.2) is 60.5 Å². The van der Waals surface area contributed by atoms with Gasteiger partial charge < -0.3 is 4.74 Å². The zero-order valence-electron chi connectivity index (χ0n) is 12.7. The van der Waals surface area contributed by atoms with Gasteiger partial charge in [-0.15, -0.1) is 24.8 Å². The molecule has 0 aliphatic carbocycles. The summed E-state index contributed by atoms with van der Waals surface area (Å²) in [6.07, 6.45) is 6.73. The van der Waals surface area contributed by atoms with Crippen LogP contribution in [0.4, 0.5) is 0 Å². The van der Waals surface area contributed by atoms with Crippen molar-refractivity contribution in [3.8, 4) is 0 Å². The Morgan fingerprint density at radius 1 is 1.05 bits per heavy atom. The fraction of sp³-hybridized carbons (Fsp3) is 0.800. The first-order valence-corrected chi connectivity index (χ1v) is 7.54. The lowest BCUT2D eigenvalue weighted by Crippen LogP contribution is -2.45. The van der Waals surface area contributed by atoms with Crippen molar-refractivity contribution < 1.29 is 9.53 Å². The molecule has 0 aromatic heterocycles. The number of ketones is 1. The molecule has 3 rings (SSSR count). The SMILES string of the molecule is CC1(CN2CCCC2)OC=C(CN2CCCC2)C1=O.Cl.Cl. The van der Waals surface area contributed by atoms with E-state index >= 15 is 0 Å². The van der Waals surface area contributed by atoms with Gasteiger partial charge in [-0.3, -0.25) is 14.6 Å². The molecule has 2 fully saturated rings. The Morgan fingerprint density at radius 2 is 1.57 bits per heavy atom. The normalized spacial score (nSPS) is 29.8. The summed E-state index contributed by atoms with van der Waals surface area (Å²) in [6, 6.07) is 0. The number of hydrogen-bond donors (Lipinski definition) is 0. The first kappa shape index (κ1) is 18.8. The monoisotopic (exact) mass is 336 g/mol. The number of carbonyl (C=O) groups excluding carboxylic acids is 1. The van der Waals surface area contributed by atoms with Gasteiger partial charge in [-0.25, -0.2) is 0 Å². The van der Waals surface area contributed by atoms with Gasteiger partial charge >= 0.3 is 0 Å². The lowest BCUT2D eigenvalue weighted by molar-refractivity contribution is -0.130. The maximum atomic E-state index is 12.6. The van der Waals surface area contributed by atoms with E-state index in [1.165, 1.54) is 25.7 Å². The summed E-state index contributed by atoms with van der Waals surface area (Å²) in [7, 11) is 0. The molecule has 6 heteroatoms. The van der Waals surface area contributed by atoms with Crippen LogP contribution in [0.2, 0.25) is 0 Å². The van der Waals surface area contributed by atoms with Crippen molar-refractivity contribution in [3.05, 3.63) is 11.8 Å². The molecule has 0 aromatic rings. The minimum atomic E-state index is -0.639. The zero-order chi connectivity index (χ0) is 13.3. The second kappa shape index (κ2) is 7.82. The van der Waals surface area contributed by atoms with Crippen molar-refractivity contribution in [2.75, 3.05) is 39.3 Å². The fourth-order valence-corrected chi connectivity index (χ4v) is 3.42. The number of carbonyl (C=O) groups is 1. The van der Waals surface area contributed by atoms with Gasteiger partial charge in [0, 0.05) is 18.7 Å². The van der Waals surface area contributed by atoms with Crippen molar-refractivity contribution in [1.82, 2.24) is 9.80 Å². The first-order chi connectivity index (χ1) is 9.17. The molecule has 0 bridgehead atoms. The van der Waals surface area contributed by atoms with Crippen LogP contribution in [0, 0.1) is 0 Å². The number of rotatable bonds is 4. The summed E-state index contributed by atoms with van der Waals surface area (Å²) in [5.41, 5.74) is 0.225. The van der Waals surface area contributed by atoms with Gasteiger partial charge in [0.15, 0.2) is 5.60 Å². The van der Waals surface area contributed by atoms with E-state index in [2.05, 4.69) is 9.80 Å². The molecule has 0 N–H and O–H groups in total. The van der Waals surface area contributed by atoms with Gasteiger partial charge in [0.2, 0.25) is 5.78 Å². The number of nitrogens with zero attached hydrogens (tertiary/aromatic N) is 2. The Balaban J connectivity index is 0.00000110. The molecule has 0 saturated carbocycles. The van der Waals surface area contributed by atoms with Gasteiger partial charge in [0.05, 0.1) is 6.26 Å². The van der Waals surface area contributed by atoms with Crippen molar-refractivity contribution in [2.24, 2.45) is 0 Å². The third kappa shape index (κ3) is 4.13. The van der Waals surface area contributed by atoms with Crippen molar-refractivity contribution in [2.45, 2.75) is 38.2 Å². The number of hydrogen-bond acceptors (Lipinski definition) is 4. The summed E-state index contributed by atoms with van der Waals surface area (Å²) < 4.78 is 5.76. The highest BCUT2D eigenvalue weighted by Crippen LogP contribution is 2.28. The van der Waals surface area contributed by atoms with Crippen LogP contribution in [0.25, 0.3) is 0 Å². The minimum absolute atomic E-state index is 0. The van der Waals surface area contributed by atoms with E-state index in [1.54, 1.807) is 6.26 Å². The van der Waals surface area contributed by atoms with Gasteiger partial charge in [-0.05, 0) is 58.8 Å². The van der Waals surface area contributed by atoms with Gasteiger partial charge in [0.25, 0.3) is 0 Å². The Bertz CT molecular complexity index is 391. The van der Waals surface area contributed by atoms with E-state index in [-0.39, 0.29) is 30.6 Å². The Labute approximate surface area is 139 Å². The first-order valence-electron chi connectivity index (χ1n) is 7.54. The number of ether oxygens (including phenoxy) is 1. The van der Waals surface area contributed by atoms with Crippen molar-refractivity contribution in [3.63, 3.8) is 0 Å². The standard InChI is InChI=1S/C15H24N2O2.2ClH/c1-15(12-17-8-4-5-9-17)14(18)13(11-19-15)10-16-6-2-3-7-16;;/h11H,2-10,12H2,1H3;2*1H. The summed E-state index contributed by atoms with van der Waals surface area (Å²) in [5, 5.41) is 0. The molecule has 0 radical (unpaired) electrons. The minimum Gasteiger partial charge on any atom is -0.485 e. The second-order valence-electron chi connectivity index (χ2n) is 6.29. The van der Waals surface area contributed by atoms with Crippen LogP contribution < -0.4 is 0 Å². The Kier molecular flexibility index (Phi) is 6.98. The molecule has 1 unspecified atom stereocenters. The molecule has 3 aliphatic heterocycles. The van der Waals surface area contributed by atoms with Crippen LogP contribution in [0.3, 0.4) is 0 Å². The zero-order valence-corrected chi connectivity index (χ0v) is 14.3. The second-order valence-corrected chi connectivity index (χ2v) is 6.29. The predicted molar refractivity (Wildman–Crippen MR) is 88.4 cm³/mol. The average molecular weight is 337 g/mol. The van der Waals surface area contributed by atoms with Gasteiger partial charge in [0.1, 0.15) is 0 Å². The maximum absolute atomic E-state index is 12.6. The summed E-state index contributed by atoms with van der Waals surface area (Å²) in [4.78, 5) is 17.3. The maximum Gasteiger partial charge on any atom is 0.207 e. The molecule has 0 amide bonds. The molecular formula is C15H26Cl2N2O2. The van der Waals surface area contributed by atoms with Gasteiger partial charge in [-0.2, -0.15) is 0 Å². The van der Waals surface area contributed by atoms with E-state index in [0.717, 1.165) is 44.8 Å². The molecule has 0 spiro atoms. The van der Waals surface area contributed by atoms with E-state index in [4.69, 9.17) is 4.74 Å². The van der Waals surface area contributed by atoms with Crippen molar-refractivity contribution in [1.29, 1.82) is 0 Å². The molecule has 122 valence electrons. The quantitative estimate of drug-likeness (QED) is 0.788. The number of likely N-dealkylation sites (tertiary alicyclic amines) is 2. The number of Topliss-reactive ketones (excluding diaryl/α,β-unsaturated/α-hetero) is 1. The fourth-order valence-electron chi connectivity index (χ4n) is 3.42. The molecule has 0 aromatic carbocycles. The van der Waals surface area contributed by atoms with E-state index in [0.29, 0.717) is 0 Å². The predicted octanol–water partition coefficient (Wildman–Crippen LogP) is 2.26. The Morgan fingerprint density at radius 3 is 2.14 bits per heavy atom. The molecule has 3 heterocycles. The molecule has 2 saturated heterocycles. The van der Waals surface area contributed by atoms with Crippen LogP contribution >= 0.6 is 24.8 Å². The van der Waals surface area contributed by atoms with Crippen molar-refractivity contribution >= 4 is 30.6 Å². The molecule has 1 atom stereocenters.